The van der Waals surface area contributed by atoms with Crippen LogP contribution in [0.25, 0.3) is 4.96 Å². The fourth-order valence-electron chi connectivity index (χ4n) is 3.02. The smallest absolute Gasteiger partial charge is 0.237 e. The molecule has 0 saturated heterocycles. The number of thioether (sulfide) groups is 1. The average molecular weight is 311 g/mol. The molecule has 0 spiro atoms. The zero-order chi connectivity index (χ0) is 14.0. The van der Waals surface area contributed by atoms with Crippen molar-refractivity contribution in [2.24, 2.45) is 0 Å². The molecule has 0 atom stereocenters. The summed E-state index contributed by atoms with van der Waals surface area (Å²) in [5, 5.41) is 5.68. The summed E-state index contributed by atoms with van der Waals surface area (Å²) in [6, 6.07) is 0. The third-order valence-corrected chi connectivity index (χ3v) is 6.38. The van der Waals surface area contributed by atoms with E-state index in [9.17, 15) is 0 Å². The van der Waals surface area contributed by atoms with Gasteiger partial charge in [-0.3, -0.25) is 4.40 Å². The number of rotatable bonds is 6. The van der Waals surface area contributed by atoms with Gasteiger partial charge in [0, 0.05) is 29.4 Å². The number of imidazole rings is 1. The summed E-state index contributed by atoms with van der Waals surface area (Å²) < 4.78 is 7.95. The second kappa shape index (κ2) is 5.95. The summed E-state index contributed by atoms with van der Waals surface area (Å²) in [4.78, 5) is 5.49. The number of methoxy groups -OCH3 is 1. The van der Waals surface area contributed by atoms with Crippen LogP contribution in [0, 0.1) is 0 Å². The van der Waals surface area contributed by atoms with E-state index in [1.165, 1.54) is 25.7 Å². The van der Waals surface area contributed by atoms with Gasteiger partial charge in [-0.25, -0.2) is 0 Å². The molecule has 0 radical (unpaired) electrons. The van der Waals surface area contributed by atoms with Gasteiger partial charge in [-0.1, -0.05) is 12.8 Å². The molecule has 0 amide bonds. The fourth-order valence-corrected chi connectivity index (χ4v) is 4.69. The Morgan fingerprint density at radius 3 is 3.00 bits per heavy atom. The third kappa shape index (κ3) is 2.56. The SMILES string of the molecule is COc1nc2sccn2c1CNCC1(SC)CCCC1. The molecule has 4 nitrogen and oxygen atoms in total. The number of thiazole rings is 1. The van der Waals surface area contributed by atoms with Gasteiger partial charge in [-0.05, 0) is 19.1 Å². The maximum atomic E-state index is 5.39. The molecule has 2 aromatic rings. The van der Waals surface area contributed by atoms with Crippen LogP contribution in [0.15, 0.2) is 11.6 Å². The maximum absolute atomic E-state index is 5.39. The van der Waals surface area contributed by atoms with Crippen LogP contribution in [0.5, 0.6) is 5.88 Å². The van der Waals surface area contributed by atoms with Gasteiger partial charge < -0.3 is 10.1 Å². The standard InChI is InChI=1S/C14H21N3OS2/c1-18-12-11(17-7-8-20-13(17)16-12)9-15-10-14(19-2)5-3-4-6-14/h7-8,15H,3-6,9-10H2,1-2H3. The minimum absolute atomic E-state index is 0.436. The molecular formula is C14H21N3OS2. The van der Waals surface area contributed by atoms with E-state index in [1.807, 2.05) is 11.8 Å². The molecule has 6 heteroatoms. The largest absolute Gasteiger partial charge is 0.480 e. The van der Waals surface area contributed by atoms with Crippen LogP contribution in [0.1, 0.15) is 31.4 Å². The van der Waals surface area contributed by atoms with Gasteiger partial charge in [0.1, 0.15) is 5.69 Å². The Hall–Kier alpha value is -0.720. The second-order valence-corrected chi connectivity index (χ2v) is 7.47. The Bertz CT molecular complexity index is 572. The van der Waals surface area contributed by atoms with Crippen LogP contribution in [0.3, 0.4) is 0 Å². The summed E-state index contributed by atoms with van der Waals surface area (Å²) in [7, 11) is 1.69. The Kier molecular flexibility index (Phi) is 4.23. The molecule has 0 bridgehead atoms. The third-order valence-electron chi connectivity index (χ3n) is 4.21. The van der Waals surface area contributed by atoms with Crippen LogP contribution in [-0.4, -0.2) is 34.0 Å². The van der Waals surface area contributed by atoms with Crippen molar-refractivity contribution >= 4 is 28.1 Å². The zero-order valence-electron chi connectivity index (χ0n) is 12.0. The van der Waals surface area contributed by atoms with Gasteiger partial charge in [0.2, 0.25) is 5.88 Å². The van der Waals surface area contributed by atoms with Crippen molar-refractivity contribution in [3.8, 4) is 5.88 Å². The van der Waals surface area contributed by atoms with Crippen LogP contribution in [0.4, 0.5) is 0 Å². The molecule has 1 aliphatic carbocycles. The summed E-state index contributed by atoms with van der Waals surface area (Å²) in [5.74, 6) is 0.744. The Labute approximate surface area is 127 Å². The van der Waals surface area contributed by atoms with Crippen LogP contribution >= 0.6 is 23.1 Å². The Morgan fingerprint density at radius 1 is 1.50 bits per heavy atom. The Balaban J connectivity index is 1.68. The highest BCUT2D eigenvalue weighted by molar-refractivity contribution is 8.00. The number of nitrogens with one attached hydrogen (secondary N) is 1. The molecule has 0 unspecified atom stereocenters. The highest BCUT2D eigenvalue weighted by Gasteiger charge is 2.32. The Morgan fingerprint density at radius 2 is 2.30 bits per heavy atom. The van der Waals surface area contributed by atoms with Gasteiger partial charge in [-0.2, -0.15) is 16.7 Å². The van der Waals surface area contributed by atoms with Crippen molar-refractivity contribution < 1.29 is 4.74 Å². The van der Waals surface area contributed by atoms with Crippen LogP contribution in [0.2, 0.25) is 0 Å². The summed E-state index contributed by atoms with van der Waals surface area (Å²) in [6.07, 6.45) is 9.70. The lowest BCUT2D eigenvalue weighted by molar-refractivity contribution is 0.392. The van der Waals surface area contributed by atoms with Gasteiger partial charge in [0.15, 0.2) is 4.96 Å². The molecule has 20 heavy (non-hydrogen) atoms. The first-order valence-corrected chi connectivity index (χ1v) is 9.13. The first kappa shape index (κ1) is 14.2. The monoisotopic (exact) mass is 311 g/mol. The quantitative estimate of drug-likeness (QED) is 0.889. The minimum atomic E-state index is 0.436. The highest BCUT2D eigenvalue weighted by Crippen LogP contribution is 2.39. The molecule has 110 valence electrons. The molecule has 0 aliphatic heterocycles. The summed E-state index contributed by atoms with van der Waals surface area (Å²) >= 11 is 3.66. The topological polar surface area (TPSA) is 38.6 Å². The first-order chi connectivity index (χ1) is 9.78. The summed E-state index contributed by atoms with van der Waals surface area (Å²) in [6.45, 7) is 1.87. The van der Waals surface area contributed by atoms with Crippen molar-refractivity contribution in [3.63, 3.8) is 0 Å². The lowest BCUT2D eigenvalue weighted by Crippen LogP contribution is -2.35. The number of ether oxygens (including phenoxy) is 1. The minimum Gasteiger partial charge on any atom is -0.480 e. The molecule has 1 aliphatic rings. The molecule has 2 heterocycles. The predicted octanol–water partition coefficient (Wildman–Crippen LogP) is 3.17. The van der Waals surface area contributed by atoms with E-state index in [-0.39, 0.29) is 0 Å². The summed E-state index contributed by atoms with van der Waals surface area (Å²) in [5.41, 5.74) is 1.12. The van der Waals surface area contributed by atoms with Crippen molar-refractivity contribution in [2.75, 3.05) is 19.9 Å². The molecule has 1 fully saturated rings. The fraction of sp³-hybridized carbons (Fsp3) is 0.643. The van der Waals surface area contributed by atoms with Gasteiger partial charge >= 0.3 is 0 Å². The second-order valence-electron chi connectivity index (χ2n) is 5.32. The maximum Gasteiger partial charge on any atom is 0.237 e. The lowest BCUT2D eigenvalue weighted by Gasteiger charge is -2.27. The zero-order valence-corrected chi connectivity index (χ0v) is 13.6. The average Bonchev–Trinajstić information content (AvgIpc) is 3.15. The number of fused-ring (bicyclic) bond motifs is 1. The van der Waals surface area contributed by atoms with Crippen LogP contribution in [-0.2, 0) is 6.54 Å². The molecular weight excluding hydrogens is 290 g/mol. The highest BCUT2D eigenvalue weighted by atomic mass is 32.2. The number of hydrogen-bond donors (Lipinski definition) is 1. The van der Waals surface area contributed by atoms with Gasteiger partial charge in [-0.15, -0.1) is 11.3 Å². The molecule has 0 aromatic carbocycles. The molecule has 2 aromatic heterocycles. The number of hydrogen-bond acceptors (Lipinski definition) is 5. The first-order valence-electron chi connectivity index (χ1n) is 7.02. The van der Waals surface area contributed by atoms with Crippen LogP contribution < -0.4 is 10.1 Å². The van der Waals surface area contributed by atoms with E-state index in [0.29, 0.717) is 4.75 Å². The van der Waals surface area contributed by atoms with Crippen molar-refractivity contribution in [1.29, 1.82) is 0 Å². The van der Waals surface area contributed by atoms with Gasteiger partial charge in [0.25, 0.3) is 0 Å². The molecule has 3 rings (SSSR count). The molecule has 1 saturated carbocycles. The number of aromatic nitrogens is 2. The van der Waals surface area contributed by atoms with E-state index < -0.39 is 0 Å². The lowest BCUT2D eigenvalue weighted by atomic mass is 10.1. The van der Waals surface area contributed by atoms with E-state index in [4.69, 9.17) is 4.74 Å². The van der Waals surface area contributed by atoms with E-state index >= 15 is 0 Å². The van der Waals surface area contributed by atoms with Crippen molar-refractivity contribution in [1.82, 2.24) is 14.7 Å². The van der Waals surface area contributed by atoms with E-state index in [0.717, 1.165) is 29.6 Å². The predicted molar refractivity (Wildman–Crippen MR) is 86.0 cm³/mol. The normalized spacial score (nSPS) is 17.9. The van der Waals surface area contributed by atoms with E-state index in [2.05, 4.69) is 32.5 Å². The van der Waals surface area contributed by atoms with Crippen molar-refractivity contribution in [3.05, 3.63) is 17.3 Å². The van der Waals surface area contributed by atoms with Crippen molar-refractivity contribution in [2.45, 2.75) is 37.0 Å². The van der Waals surface area contributed by atoms with E-state index in [1.54, 1.807) is 18.4 Å². The van der Waals surface area contributed by atoms with Gasteiger partial charge in [0.05, 0.1) is 7.11 Å². The number of nitrogens with zero attached hydrogens (tertiary/aromatic N) is 2. The molecule has 1 N–H and O–H groups in total.